The molecule has 1 aliphatic rings. The summed E-state index contributed by atoms with van der Waals surface area (Å²) >= 11 is 0. The lowest BCUT2D eigenvalue weighted by Gasteiger charge is -2.41. The van der Waals surface area contributed by atoms with Gasteiger partial charge in [0.1, 0.15) is 43.2 Å². The Bertz CT molecular complexity index is 1270. The van der Waals surface area contributed by atoms with Crippen molar-refractivity contribution in [1.29, 1.82) is 0 Å². The summed E-state index contributed by atoms with van der Waals surface area (Å²) in [6.07, 6.45) is 28.6. The zero-order valence-corrected chi connectivity index (χ0v) is 36.7. The third kappa shape index (κ3) is 27.9. The smallest absolute Gasteiger partial charge is 0.462 e. The van der Waals surface area contributed by atoms with Crippen molar-refractivity contribution < 1.29 is 63.1 Å². The third-order valence-corrected chi connectivity index (χ3v) is 10.8. The number of unbranched alkanes of at least 4 members (excludes halogenated alkanes) is 13. The first kappa shape index (κ1) is 54.6. The molecule has 14 heteroatoms. The number of carbonyl (C=O) groups is 2. The van der Waals surface area contributed by atoms with Gasteiger partial charge in [0.2, 0.25) is 0 Å². The Labute approximate surface area is 353 Å². The van der Waals surface area contributed by atoms with E-state index in [0.717, 1.165) is 51.4 Å². The average Bonchev–Trinajstić information content (AvgIpc) is 3.21. The van der Waals surface area contributed by atoms with Crippen LogP contribution in [0.25, 0.3) is 0 Å². The highest BCUT2D eigenvalue weighted by atomic mass is 31.2. The Morgan fingerprint density at radius 3 is 1.49 bits per heavy atom. The maximum absolute atomic E-state index is 12.8. The minimum Gasteiger partial charge on any atom is -0.462 e. The van der Waals surface area contributed by atoms with Gasteiger partial charge in [-0.1, -0.05) is 126 Å². The summed E-state index contributed by atoms with van der Waals surface area (Å²) < 4.78 is 33.4. The van der Waals surface area contributed by atoms with Gasteiger partial charge in [0.15, 0.2) is 6.10 Å². The molecule has 0 aromatic heterocycles. The Morgan fingerprint density at radius 1 is 0.542 bits per heavy atom. The van der Waals surface area contributed by atoms with Gasteiger partial charge in [-0.3, -0.25) is 18.6 Å². The molecule has 6 unspecified atom stereocenters. The molecule has 1 aliphatic carbocycles. The van der Waals surface area contributed by atoms with Gasteiger partial charge in [0.05, 0.1) is 6.61 Å². The highest BCUT2D eigenvalue weighted by Gasteiger charge is 2.51. The van der Waals surface area contributed by atoms with Gasteiger partial charge in [0.25, 0.3) is 0 Å². The van der Waals surface area contributed by atoms with Crippen LogP contribution in [0.5, 0.6) is 0 Å². The second-order valence-electron chi connectivity index (χ2n) is 15.2. The number of allylic oxidation sites excluding steroid dienone is 10. The molecule has 8 atom stereocenters. The number of hydrogen-bond donors (Lipinski definition) is 6. The number of aliphatic hydroxyl groups excluding tert-OH is 5. The van der Waals surface area contributed by atoms with Crippen molar-refractivity contribution in [2.45, 2.75) is 198 Å². The largest absolute Gasteiger partial charge is 0.472 e. The van der Waals surface area contributed by atoms with Crippen molar-refractivity contribution in [3.05, 3.63) is 60.8 Å². The minimum absolute atomic E-state index is 0.0382. The van der Waals surface area contributed by atoms with E-state index in [4.69, 9.17) is 18.5 Å². The highest BCUT2D eigenvalue weighted by Crippen LogP contribution is 2.47. The molecule has 6 N–H and O–H groups in total. The third-order valence-electron chi connectivity index (χ3n) is 9.84. The van der Waals surface area contributed by atoms with Gasteiger partial charge < -0.3 is 39.9 Å². The zero-order valence-electron chi connectivity index (χ0n) is 35.8. The van der Waals surface area contributed by atoms with Crippen LogP contribution >= 0.6 is 7.82 Å². The van der Waals surface area contributed by atoms with Crippen LogP contribution in [0, 0.1) is 0 Å². The Balaban J connectivity index is 2.53. The normalized spacial score (nSPS) is 22.9. The van der Waals surface area contributed by atoms with Gasteiger partial charge >= 0.3 is 19.8 Å². The van der Waals surface area contributed by atoms with Crippen LogP contribution in [-0.4, -0.2) is 98.3 Å². The molecule has 0 bridgehead atoms. The zero-order chi connectivity index (χ0) is 43.6. The summed E-state index contributed by atoms with van der Waals surface area (Å²) in [6.45, 7) is 3.11. The number of esters is 2. The lowest BCUT2D eigenvalue weighted by molar-refractivity contribution is -0.220. The highest BCUT2D eigenvalue weighted by molar-refractivity contribution is 7.47. The van der Waals surface area contributed by atoms with E-state index in [1.165, 1.54) is 57.8 Å². The summed E-state index contributed by atoms with van der Waals surface area (Å²) in [4.78, 5) is 35.6. The van der Waals surface area contributed by atoms with Gasteiger partial charge in [0, 0.05) is 12.8 Å². The first-order chi connectivity index (χ1) is 28.4. The second kappa shape index (κ2) is 35.2. The molecule has 59 heavy (non-hydrogen) atoms. The summed E-state index contributed by atoms with van der Waals surface area (Å²) in [5.41, 5.74) is 0. The first-order valence-electron chi connectivity index (χ1n) is 22.1. The van der Waals surface area contributed by atoms with E-state index in [2.05, 4.69) is 68.5 Å². The molecule has 0 heterocycles. The summed E-state index contributed by atoms with van der Waals surface area (Å²) in [7, 11) is -5.13. The average molecular weight is 857 g/mol. The minimum atomic E-state index is -5.13. The van der Waals surface area contributed by atoms with Crippen LogP contribution < -0.4 is 0 Å². The van der Waals surface area contributed by atoms with Crippen LogP contribution in [0.4, 0.5) is 0 Å². The predicted molar refractivity (Wildman–Crippen MR) is 230 cm³/mol. The Hall–Kier alpha value is -2.45. The molecule has 0 amide bonds. The van der Waals surface area contributed by atoms with Gasteiger partial charge in [-0.25, -0.2) is 4.57 Å². The van der Waals surface area contributed by atoms with Gasteiger partial charge in [-0.15, -0.1) is 0 Å². The van der Waals surface area contributed by atoms with Gasteiger partial charge in [-0.05, 0) is 77.0 Å². The van der Waals surface area contributed by atoms with Crippen LogP contribution in [0.1, 0.15) is 155 Å². The summed E-state index contributed by atoms with van der Waals surface area (Å²) in [5.74, 6) is -1.18. The van der Waals surface area contributed by atoms with Crippen LogP contribution in [0.3, 0.4) is 0 Å². The monoisotopic (exact) mass is 857 g/mol. The molecule has 1 fully saturated rings. The molecule has 0 radical (unpaired) electrons. The lowest BCUT2D eigenvalue weighted by atomic mass is 9.85. The number of carbonyl (C=O) groups excluding carboxylic acids is 2. The van der Waals surface area contributed by atoms with Crippen molar-refractivity contribution in [3.63, 3.8) is 0 Å². The number of rotatable bonds is 35. The van der Waals surface area contributed by atoms with Crippen LogP contribution in [-0.2, 0) is 32.7 Å². The maximum Gasteiger partial charge on any atom is 0.472 e. The Morgan fingerprint density at radius 2 is 0.966 bits per heavy atom. The molecule has 13 nitrogen and oxygen atoms in total. The fraction of sp³-hybridized carbons (Fsp3) is 0.733. The van der Waals surface area contributed by atoms with E-state index in [0.29, 0.717) is 19.3 Å². The molecular formula is C45H77O13P. The summed E-state index contributed by atoms with van der Waals surface area (Å²) in [5, 5.41) is 50.1. The van der Waals surface area contributed by atoms with Crippen molar-refractivity contribution in [3.8, 4) is 0 Å². The van der Waals surface area contributed by atoms with Crippen molar-refractivity contribution in [1.82, 2.24) is 0 Å². The SMILES string of the molecule is CC/C=C/C/C=C/C/C=C/C/C=C/CCCCC(=O)O[C@H](COC(=O)CCCC/C=C/CCCCCCCCCCC)COP(=O)(O)OC1C(O)C(O)C(O)[C@@H](O)C1O. The predicted octanol–water partition coefficient (Wildman–Crippen LogP) is 8.16. The fourth-order valence-corrected chi connectivity index (χ4v) is 7.24. The van der Waals surface area contributed by atoms with Gasteiger partial charge in [-0.2, -0.15) is 0 Å². The van der Waals surface area contributed by atoms with E-state index in [-0.39, 0.29) is 12.8 Å². The van der Waals surface area contributed by atoms with Crippen LogP contribution in [0.2, 0.25) is 0 Å². The molecule has 0 saturated heterocycles. The number of phosphoric acid groups is 1. The number of phosphoric ester groups is 1. The van der Waals surface area contributed by atoms with Crippen molar-refractivity contribution in [2.24, 2.45) is 0 Å². The number of ether oxygens (including phenoxy) is 2. The van der Waals surface area contributed by atoms with E-state index >= 15 is 0 Å². The first-order valence-corrected chi connectivity index (χ1v) is 23.6. The molecule has 0 aromatic carbocycles. The van der Waals surface area contributed by atoms with Crippen LogP contribution in [0.15, 0.2) is 60.8 Å². The standard InChI is InChI=1S/C45H77O13P/c1-3-5-7-9-11-13-15-17-19-21-23-25-27-29-31-33-38(46)55-35-37(36-56-59(53,54)58-45-43(51)41(49)40(48)42(50)44(45)52)57-39(47)34-32-30-28-26-24-22-20-18-16-14-12-10-8-6-4-2/h6,8,12,14,18,20,23-26,37,40-45,48-52H,3-5,7,9-11,13,15-17,19,21-22,27-36H2,1-2H3,(H,53,54)/b8-6+,14-12+,20-18+,25-23+,26-24+/t37-,40?,41-,42?,43?,44?,45?/m1/s1. The van der Waals surface area contributed by atoms with E-state index in [9.17, 15) is 44.6 Å². The molecule has 0 aliphatic heterocycles. The van der Waals surface area contributed by atoms with E-state index in [1.807, 2.05) is 6.08 Å². The second-order valence-corrected chi connectivity index (χ2v) is 16.6. The lowest BCUT2D eigenvalue weighted by Crippen LogP contribution is -2.64. The molecule has 340 valence electrons. The maximum atomic E-state index is 12.8. The van der Waals surface area contributed by atoms with Crippen molar-refractivity contribution in [2.75, 3.05) is 13.2 Å². The molecule has 1 rings (SSSR count). The number of hydrogen-bond acceptors (Lipinski definition) is 12. The fourth-order valence-electron chi connectivity index (χ4n) is 6.27. The number of aliphatic hydroxyl groups is 5. The van der Waals surface area contributed by atoms with E-state index < -0.39 is 75.7 Å². The molecule has 1 saturated carbocycles. The quantitative estimate of drug-likeness (QED) is 0.0154. The van der Waals surface area contributed by atoms with Crippen molar-refractivity contribution >= 4 is 19.8 Å². The molecule has 0 aromatic rings. The topological polar surface area (TPSA) is 210 Å². The van der Waals surface area contributed by atoms with E-state index in [1.54, 1.807) is 0 Å². The Kier molecular flexibility index (Phi) is 32.5. The summed E-state index contributed by atoms with van der Waals surface area (Å²) in [6, 6.07) is 0. The molecule has 0 spiro atoms. The molecular weight excluding hydrogens is 779 g/mol.